The topological polar surface area (TPSA) is 62.4 Å². The molecule has 0 bridgehead atoms. The molecule has 0 aliphatic rings. The van der Waals surface area contributed by atoms with Crippen molar-refractivity contribution in [1.29, 1.82) is 0 Å². The van der Waals surface area contributed by atoms with Crippen LogP contribution in [0.25, 0.3) is 0 Å². The van der Waals surface area contributed by atoms with Crippen LogP contribution in [0.1, 0.15) is 34.1 Å². The molecule has 0 aromatic heterocycles. The highest BCUT2D eigenvalue weighted by Gasteiger charge is 2.07. The first kappa shape index (κ1) is 12.2. The number of nitrogens with two attached hydrogens (primary N) is 1. The van der Waals surface area contributed by atoms with E-state index in [1.165, 1.54) is 0 Å². The van der Waals surface area contributed by atoms with Gasteiger partial charge in [0.2, 0.25) is 5.96 Å². The quantitative estimate of drug-likeness (QED) is 0.264. The van der Waals surface area contributed by atoms with Crippen LogP contribution < -0.4 is 16.6 Å². The van der Waals surface area contributed by atoms with Gasteiger partial charge in [-0.3, -0.25) is 10.4 Å². The van der Waals surface area contributed by atoms with Gasteiger partial charge in [-0.25, -0.2) is 5.84 Å². The van der Waals surface area contributed by atoms with E-state index in [-0.39, 0.29) is 0 Å². The van der Waals surface area contributed by atoms with E-state index in [9.17, 15) is 0 Å². The van der Waals surface area contributed by atoms with E-state index in [0.717, 1.165) is 13.0 Å². The zero-order chi connectivity index (χ0) is 10.3. The van der Waals surface area contributed by atoms with Crippen molar-refractivity contribution >= 4 is 5.96 Å². The molecular formula is C9H22N4. The molecule has 0 aliphatic carbocycles. The number of nitrogens with zero attached hydrogens (tertiary/aromatic N) is 1. The molecule has 0 heterocycles. The van der Waals surface area contributed by atoms with Crippen LogP contribution in [-0.2, 0) is 0 Å². The first-order valence-corrected chi connectivity index (χ1v) is 4.89. The minimum Gasteiger partial charge on any atom is -0.353 e. The van der Waals surface area contributed by atoms with Gasteiger partial charge < -0.3 is 5.32 Å². The molecule has 0 saturated carbocycles. The second-order valence-electron chi connectivity index (χ2n) is 3.55. The van der Waals surface area contributed by atoms with Gasteiger partial charge in [-0.15, -0.1) is 0 Å². The third kappa shape index (κ3) is 5.47. The van der Waals surface area contributed by atoms with Crippen LogP contribution in [0.5, 0.6) is 0 Å². The fourth-order valence-electron chi connectivity index (χ4n) is 0.739. The third-order valence-electron chi connectivity index (χ3n) is 1.99. The second-order valence-corrected chi connectivity index (χ2v) is 3.55. The minimum absolute atomic E-state index is 0.381. The molecule has 4 nitrogen and oxygen atoms in total. The Labute approximate surface area is 81.0 Å². The first-order valence-electron chi connectivity index (χ1n) is 4.89. The van der Waals surface area contributed by atoms with Crippen molar-refractivity contribution in [2.24, 2.45) is 16.8 Å². The van der Waals surface area contributed by atoms with Gasteiger partial charge in [0.25, 0.3) is 0 Å². The lowest BCUT2D eigenvalue weighted by atomic mass is 10.1. The van der Waals surface area contributed by atoms with Gasteiger partial charge in [0.1, 0.15) is 0 Å². The molecule has 0 aliphatic heterocycles. The number of aliphatic imine (C=N–C) groups is 1. The van der Waals surface area contributed by atoms with Crippen LogP contribution in [0.4, 0.5) is 0 Å². The molecule has 78 valence electrons. The van der Waals surface area contributed by atoms with Crippen molar-refractivity contribution in [3.05, 3.63) is 0 Å². The monoisotopic (exact) mass is 186 g/mol. The fraction of sp³-hybridized carbons (Fsp3) is 0.889. The Morgan fingerprint density at radius 2 is 2.00 bits per heavy atom. The number of hydrogen-bond acceptors (Lipinski definition) is 2. The van der Waals surface area contributed by atoms with Crippen LogP contribution in [0.2, 0.25) is 0 Å². The van der Waals surface area contributed by atoms with Crippen molar-refractivity contribution in [2.45, 2.75) is 40.2 Å². The van der Waals surface area contributed by atoms with Crippen LogP contribution in [-0.4, -0.2) is 18.5 Å². The van der Waals surface area contributed by atoms with E-state index in [4.69, 9.17) is 5.84 Å². The van der Waals surface area contributed by atoms with Gasteiger partial charge in [0.15, 0.2) is 0 Å². The van der Waals surface area contributed by atoms with E-state index >= 15 is 0 Å². The summed E-state index contributed by atoms with van der Waals surface area (Å²) in [5, 5.41) is 3.21. The number of nitrogens with one attached hydrogen (secondary N) is 2. The second kappa shape index (κ2) is 6.71. The van der Waals surface area contributed by atoms with Crippen molar-refractivity contribution in [3.8, 4) is 0 Å². The summed E-state index contributed by atoms with van der Waals surface area (Å²) < 4.78 is 0. The number of hydrazine groups is 1. The van der Waals surface area contributed by atoms with Crippen LogP contribution in [0.3, 0.4) is 0 Å². The number of hydrogen-bond donors (Lipinski definition) is 3. The highest BCUT2D eigenvalue weighted by atomic mass is 15.3. The lowest BCUT2D eigenvalue weighted by molar-refractivity contribution is 0.481. The third-order valence-corrected chi connectivity index (χ3v) is 1.99. The van der Waals surface area contributed by atoms with E-state index in [1.54, 1.807) is 0 Å². The highest BCUT2D eigenvalue weighted by Crippen LogP contribution is 1.98. The summed E-state index contributed by atoms with van der Waals surface area (Å²) in [7, 11) is 0. The summed E-state index contributed by atoms with van der Waals surface area (Å²) in [5.41, 5.74) is 2.56. The van der Waals surface area contributed by atoms with E-state index < -0.39 is 0 Å². The Morgan fingerprint density at radius 3 is 2.38 bits per heavy atom. The zero-order valence-corrected chi connectivity index (χ0v) is 9.09. The largest absolute Gasteiger partial charge is 0.353 e. The summed E-state index contributed by atoms with van der Waals surface area (Å²) in [6.07, 6.45) is 1.03. The zero-order valence-electron chi connectivity index (χ0n) is 9.09. The van der Waals surface area contributed by atoms with E-state index in [0.29, 0.717) is 17.9 Å². The average Bonchev–Trinajstić information content (AvgIpc) is 2.11. The summed E-state index contributed by atoms with van der Waals surface area (Å²) in [6, 6.07) is 0.381. The van der Waals surface area contributed by atoms with Crippen molar-refractivity contribution in [3.63, 3.8) is 0 Å². The van der Waals surface area contributed by atoms with Gasteiger partial charge in [-0.1, -0.05) is 20.8 Å². The maximum atomic E-state index is 5.32. The smallest absolute Gasteiger partial charge is 0.205 e. The molecule has 1 unspecified atom stereocenters. The normalized spacial score (nSPS) is 14.5. The average molecular weight is 186 g/mol. The van der Waals surface area contributed by atoms with E-state index in [1.807, 2.05) is 0 Å². The minimum atomic E-state index is 0.381. The summed E-state index contributed by atoms with van der Waals surface area (Å²) in [6.45, 7) is 9.32. The van der Waals surface area contributed by atoms with Crippen LogP contribution >= 0.6 is 0 Å². The maximum Gasteiger partial charge on any atom is 0.205 e. The SMILES string of the molecule is CCCN=C(NN)NC(C)C(C)C. The Morgan fingerprint density at radius 1 is 1.38 bits per heavy atom. The number of guanidine groups is 1. The summed E-state index contributed by atoms with van der Waals surface area (Å²) >= 11 is 0. The van der Waals surface area contributed by atoms with Crippen molar-refractivity contribution < 1.29 is 0 Å². The lowest BCUT2D eigenvalue weighted by Crippen LogP contribution is -2.47. The molecule has 0 aromatic carbocycles. The van der Waals surface area contributed by atoms with Crippen molar-refractivity contribution in [1.82, 2.24) is 10.7 Å². The van der Waals surface area contributed by atoms with E-state index in [2.05, 4.69) is 43.4 Å². The van der Waals surface area contributed by atoms with Gasteiger partial charge in [-0.05, 0) is 19.3 Å². The summed E-state index contributed by atoms with van der Waals surface area (Å²) in [4.78, 5) is 4.25. The Kier molecular flexibility index (Phi) is 6.32. The van der Waals surface area contributed by atoms with Gasteiger partial charge in [-0.2, -0.15) is 0 Å². The Hall–Kier alpha value is -0.770. The molecule has 0 rings (SSSR count). The maximum absolute atomic E-state index is 5.32. The van der Waals surface area contributed by atoms with Gasteiger partial charge >= 0.3 is 0 Å². The van der Waals surface area contributed by atoms with Gasteiger partial charge in [0.05, 0.1) is 0 Å². The van der Waals surface area contributed by atoms with Crippen LogP contribution in [0.15, 0.2) is 4.99 Å². The highest BCUT2D eigenvalue weighted by molar-refractivity contribution is 5.79. The molecule has 4 heteroatoms. The molecule has 0 aromatic rings. The molecular weight excluding hydrogens is 164 g/mol. The number of rotatable bonds is 4. The molecule has 13 heavy (non-hydrogen) atoms. The van der Waals surface area contributed by atoms with Crippen molar-refractivity contribution in [2.75, 3.05) is 6.54 Å². The summed E-state index contributed by atoms with van der Waals surface area (Å²) in [5.74, 6) is 6.57. The molecule has 4 N–H and O–H groups in total. The first-order chi connectivity index (χ1) is 6.11. The molecule has 1 atom stereocenters. The van der Waals surface area contributed by atoms with Crippen LogP contribution in [0, 0.1) is 5.92 Å². The molecule has 0 spiro atoms. The molecule has 0 saturated heterocycles. The predicted octanol–water partition coefficient (Wildman–Crippen LogP) is 0.850. The molecule has 0 fully saturated rings. The lowest BCUT2D eigenvalue weighted by Gasteiger charge is -2.19. The fourth-order valence-corrected chi connectivity index (χ4v) is 0.739. The Balaban J connectivity index is 3.96. The molecule has 0 amide bonds. The van der Waals surface area contributed by atoms with Gasteiger partial charge in [0, 0.05) is 12.6 Å². The molecule has 0 radical (unpaired) electrons. The standard InChI is InChI=1S/C9H22N4/c1-5-6-11-9(13-10)12-8(4)7(2)3/h7-8H,5-6,10H2,1-4H3,(H2,11,12,13). The Bertz CT molecular complexity index is 154. The predicted molar refractivity (Wildman–Crippen MR) is 57.4 cm³/mol.